The maximum Gasteiger partial charge on any atom is 0.219 e. The highest BCUT2D eigenvalue weighted by atomic mass is 16.5. The van der Waals surface area contributed by atoms with E-state index in [1.54, 1.807) is 13.2 Å². The van der Waals surface area contributed by atoms with E-state index < -0.39 is 0 Å². The van der Waals surface area contributed by atoms with Gasteiger partial charge >= 0.3 is 0 Å². The van der Waals surface area contributed by atoms with Crippen molar-refractivity contribution in [3.05, 3.63) is 48.2 Å². The highest BCUT2D eigenvalue weighted by Crippen LogP contribution is 2.23. The summed E-state index contributed by atoms with van der Waals surface area (Å²) in [6.45, 7) is 7.24. The van der Waals surface area contributed by atoms with Crippen molar-refractivity contribution in [2.75, 3.05) is 33.4 Å². The lowest BCUT2D eigenvalue weighted by atomic mass is 10.2. The molecule has 0 spiro atoms. The number of pyridine rings is 1. The number of guanidine groups is 1. The van der Waals surface area contributed by atoms with Gasteiger partial charge in [0, 0.05) is 39.0 Å². The van der Waals surface area contributed by atoms with Crippen LogP contribution >= 0.6 is 0 Å². The van der Waals surface area contributed by atoms with Gasteiger partial charge in [0.25, 0.3) is 0 Å². The average Bonchev–Trinajstić information content (AvgIpc) is 2.69. The molecule has 0 aliphatic carbocycles. The SMILES string of the molecule is CCOCCNC(=NC)NCc1ccnc(Oc2ccc(OCC)cc2)c1. The summed E-state index contributed by atoms with van der Waals surface area (Å²) in [5, 5.41) is 6.46. The van der Waals surface area contributed by atoms with E-state index in [0.29, 0.717) is 44.5 Å². The number of hydrogen-bond acceptors (Lipinski definition) is 5. The van der Waals surface area contributed by atoms with E-state index in [9.17, 15) is 0 Å². The van der Waals surface area contributed by atoms with Crippen molar-refractivity contribution in [1.82, 2.24) is 15.6 Å². The number of nitrogens with zero attached hydrogens (tertiary/aromatic N) is 2. The van der Waals surface area contributed by atoms with E-state index in [1.807, 2.05) is 50.2 Å². The molecule has 2 aromatic rings. The Balaban J connectivity index is 1.87. The van der Waals surface area contributed by atoms with Crippen LogP contribution in [0.4, 0.5) is 0 Å². The van der Waals surface area contributed by atoms with E-state index in [1.165, 1.54) is 0 Å². The van der Waals surface area contributed by atoms with Crippen molar-refractivity contribution in [2.45, 2.75) is 20.4 Å². The zero-order valence-corrected chi connectivity index (χ0v) is 16.2. The highest BCUT2D eigenvalue weighted by Gasteiger charge is 2.03. The van der Waals surface area contributed by atoms with Crippen LogP contribution in [0, 0.1) is 0 Å². The molecule has 7 heteroatoms. The largest absolute Gasteiger partial charge is 0.494 e. The minimum absolute atomic E-state index is 0.540. The highest BCUT2D eigenvalue weighted by molar-refractivity contribution is 5.79. The second kappa shape index (κ2) is 11.7. The van der Waals surface area contributed by atoms with Crippen molar-refractivity contribution in [1.29, 1.82) is 0 Å². The van der Waals surface area contributed by atoms with Gasteiger partial charge in [0.1, 0.15) is 11.5 Å². The van der Waals surface area contributed by atoms with Crippen molar-refractivity contribution in [2.24, 2.45) is 4.99 Å². The molecular weight excluding hydrogens is 344 g/mol. The molecule has 0 fully saturated rings. The number of aliphatic imine (C=N–C) groups is 1. The van der Waals surface area contributed by atoms with Crippen LogP contribution in [-0.4, -0.2) is 44.4 Å². The predicted octanol–water partition coefficient (Wildman–Crippen LogP) is 2.97. The molecule has 0 bridgehead atoms. The third-order valence-corrected chi connectivity index (χ3v) is 3.58. The lowest BCUT2D eigenvalue weighted by Crippen LogP contribution is -2.38. The quantitative estimate of drug-likeness (QED) is 0.379. The molecule has 0 atom stereocenters. The first kappa shape index (κ1) is 20.5. The molecule has 27 heavy (non-hydrogen) atoms. The lowest BCUT2D eigenvalue weighted by molar-refractivity contribution is 0.152. The summed E-state index contributed by atoms with van der Waals surface area (Å²) in [7, 11) is 1.74. The molecule has 0 unspecified atom stereocenters. The van der Waals surface area contributed by atoms with Crippen LogP contribution < -0.4 is 20.1 Å². The van der Waals surface area contributed by atoms with Gasteiger partial charge < -0.3 is 24.8 Å². The Hall–Kier alpha value is -2.80. The Morgan fingerprint density at radius 1 is 1.04 bits per heavy atom. The van der Waals surface area contributed by atoms with Crippen molar-refractivity contribution >= 4 is 5.96 Å². The summed E-state index contributed by atoms with van der Waals surface area (Å²) in [5.41, 5.74) is 1.04. The van der Waals surface area contributed by atoms with Crippen LogP contribution in [0.1, 0.15) is 19.4 Å². The van der Waals surface area contributed by atoms with E-state index in [-0.39, 0.29) is 0 Å². The van der Waals surface area contributed by atoms with E-state index >= 15 is 0 Å². The van der Waals surface area contributed by atoms with Crippen LogP contribution in [0.3, 0.4) is 0 Å². The van der Waals surface area contributed by atoms with E-state index in [4.69, 9.17) is 14.2 Å². The minimum atomic E-state index is 0.540. The van der Waals surface area contributed by atoms with Crippen LogP contribution in [0.5, 0.6) is 17.4 Å². The molecule has 0 radical (unpaired) electrons. The maximum atomic E-state index is 5.82. The summed E-state index contributed by atoms with van der Waals surface area (Å²) in [6, 6.07) is 11.3. The summed E-state index contributed by atoms with van der Waals surface area (Å²) in [4.78, 5) is 8.46. The fourth-order valence-corrected chi connectivity index (χ4v) is 2.30. The van der Waals surface area contributed by atoms with Crippen molar-refractivity contribution in [3.63, 3.8) is 0 Å². The number of rotatable bonds is 10. The zero-order chi connectivity index (χ0) is 19.3. The molecule has 1 heterocycles. The van der Waals surface area contributed by atoms with Gasteiger partial charge in [-0.25, -0.2) is 4.98 Å². The maximum absolute atomic E-state index is 5.82. The molecule has 0 amide bonds. The molecular formula is C20H28N4O3. The summed E-state index contributed by atoms with van der Waals surface area (Å²) >= 11 is 0. The molecule has 146 valence electrons. The van der Waals surface area contributed by atoms with Crippen molar-refractivity contribution < 1.29 is 14.2 Å². The Kier molecular flexibility index (Phi) is 8.92. The Bertz CT molecular complexity index is 705. The topological polar surface area (TPSA) is 77.0 Å². The van der Waals surface area contributed by atoms with Gasteiger partial charge in [0.2, 0.25) is 5.88 Å². The molecule has 2 N–H and O–H groups in total. The van der Waals surface area contributed by atoms with Gasteiger partial charge in [-0.1, -0.05) is 0 Å². The standard InChI is InChI=1S/C20H28N4O3/c1-4-25-13-12-23-20(21-3)24-15-16-10-11-22-19(14-16)27-18-8-6-17(7-9-18)26-5-2/h6-11,14H,4-5,12-13,15H2,1-3H3,(H2,21,23,24). The molecule has 0 aliphatic rings. The molecule has 0 saturated carbocycles. The first-order valence-electron chi connectivity index (χ1n) is 9.13. The molecule has 0 saturated heterocycles. The van der Waals surface area contributed by atoms with Crippen LogP contribution in [0.2, 0.25) is 0 Å². The third-order valence-electron chi connectivity index (χ3n) is 3.58. The Morgan fingerprint density at radius 3 is 2.52 bits per heavy atom. The van der Waals surface area contributed by atoms with Gasteiger partial charge in [-0.2, -0.15) is 0 Å². The van der Waals surface area contributed by atoms with Gasteiger partial charge in [0.05, 0.1) is 13.2 Å². The fourth-order valence-electron chi connectivity index (χ4n) is 2.30. The van der Waals surface area contributed by atoms with Gasteiger partial charge in [-0.05, 0) is 49.7 Å². The van der Waals surface area contributed by atoms with Gasteiger partial charge in [-0.3, -0.25) is 4.99 Å². The second-order valence-electron chi connectivity index (χ2n) is 5.56. The Labute approximate surface area is 160 Å². The first-order valence-corrected chi connectivity index (χ1v) is 9.13. The van der Waals surface area contributed by atoms with E-state index in [2.05, 4.69) is 20.6 Å². The Morgan fingerprint density at radius 2 is 1.81 bits per heavy atom. The number of ether oxygens (including phenoxy) is 3. The molecule has 1 aromatic carbocycles. The predicted molar refractivity (Wildman–Crippen MR) is 107 cm³/mol. The van der Waals surface area contributed by atoms with Crippen molar-refractivity contribution in [3.8, 4) is 17.4 Å². The summed E-state index contributed by atoms with van der Waals surface area (Å²) in [5.74, 6) is 2.79. The van der Waals surface area contributed by atoms with Gasteiger partial charge in [0.15, 0.2) is 5.96 Å². The number of benzene rings is 1. The fraction of sp³-hybridized carbons (Fsp3) is 0.400. The smallest absolute Gasteiger partial charge is 0.219 e. The number of nitrogens with one attached hydrogen (secondary N) is 2. The van der Waals surface area contributed by atoms with Crippen LogP contribution in [-0.2, 0) is 11.3 Å². The molecule has 7 nitrogen and oxygen atoms in total. The number of hydrogen-bond donors (Lipinski definition) is 2. The normalized spacial score (nSPS) is 11.1. The molecule has 1 aromatic heterocycles. The molecule has 2 rings (SSSR count). The minimum Gasteiger partial charge on any atom is -0.494 e. The van der Waals surface area contributed by atoms with Crippen LogP contribution in [0.15, 0.2) is 47.6 Å². The van der Waals surface area contributed by atoms with E-state index in [0.717, 1.165) is 17.3 Å². The second-order valence-corrected chi connectivity index (χ2v) is 5.56. The lowest BCUT2D eigenvalue weighted by Gasteiger charge is -2.12. The van der Waals surface area contributed by atoms with Gasteiger partial charge in [-0.15, -0.1) is 0 Å². The molecule has 0 aliphatic heterocycles. The third kappa shape index (κ3) is 7.53. The number of aromatic nitrogens is 1. The zero-order valence-electron chi connectivity index (χ0n) is 16.2. The summed E-state index contributed by atoms with van der Waals surface area (Å²) < 4.78 is 16.6. The average molecular weight is 372 g/mol. The van der Waals surface area contributed by atoms with Crippen LogP contribution in [0.25, 0.3) is 0 Å². The summed E-state index contributed by atoms with van der Waals surface area (Å²) in [6.07, 6.45) is 1.73. The monoisotopic (exact) mass is 372 g/mol. The first-order chi connectivity index (χ1) is 13.2.